The average molecular weight is 238 g/mol. The van der Waals surface area contributed by atoms with Crippen molar-refractivity contribution in [3.05, 3.63) is 33.8 Å². The Morgan fingerprint density at radius 2 is 2.23 bits per heavy atom. The van der Waals surface area contributed by atoms with Crippen LogP contribution in [0.4, 0.5) is 0 Å². The molecule has 68 valence electrons. The quantitative estimate of drug-likeness (QED) is 0.657. The summed E-state index contributed by atoms with van der Waals surface area (Å²) in [5.74, 6) is 0.552. The third-order valence-corrected chi connectivity index (χ3v) is 3.03. The van der Waals surface area contributed by atoms with Gasteiger partial charge in [0.05, 0.1) is 0 Å². The summed E-state index contributed by atoms with van der Waals surface area (Å²) in [6.07, 6.45) is 0. The molecule has 0 aliphatic carbocycles. The molecule has 1 unspecified atom stereocenters. The number of hydrogen-bond donors (Lipinski definition) is 0. The molecule has 0 spiro atoms. The lowest BCUT2D eigenvalue weighted by Gasteiger charge is -2.20. The largest absolute Gasteiger partial charge is 0.289 e. The molecule has 2 heteroatoms. The summed E-state index contributed by atoms with van der Waals surface area (Å²) in [5, 5.41) is 0. The van der Waals surface area contributed by atoms with E-state index in [1.165, 1.54) is 16.8 Å². The predicted octanol–water partition coefficient (Wildman–Crippen LogP) is 3.38. The summed E-state index contributed by atoms with van der Waals surface area (Å²) < 4.78 is 1.16. The molecule has 1 aliphatic rings. The lowest BCUT2D eigenvalue weighted by Crippen LogP contribution is -2.13. The molecule has 13 heavy (non-hydrogen) atoms. The molecule has 1 nitrogen and oxygen atoms in total. The highest BCUT2D eigenvalue weighted by molar-refractivity contribution is 9.10. The van der Waals surface area contributed by atoms with Gasteiger partial charge >= 0.3 is 0 Å². The Hall–Kier alpha value is -0.630. The standard InChI is InChI=1S/C11H12BrN/c1-7-6-13-8(2)10-4-3-9(12)5-11(7)10/h3-5,7H,6H2,1-2H3. The minimum absolute atomic E-state index is 0.552. The summed E-state index contributed by atoms with van der Waals surface area (Å²) in [5.41, 5.74) is 3.89. The molecule has 1 heterocycles. The van der Waals surface area contributed by atoms with Crippen LogP contribution in [0.15, 0.2) is 27.7 Å². The van der Waals surface area contributed by atoms with Gasteiger partial charge in [0.25, 0.3) is 0 Å². The second kappa shape index (κ2) is 3.26. The topological polar surface area (TPSA) is 12.4 Å². The van der Waals surface area contributed by atoms with E-state index >= 15 is 0 Å². The highest BCUT2D eigenvalue weighted by Crippen LogP contribution is 2.28. The number of rotatable bonds is 0. The van der Waals surface area contributed by atoms with Gasteiger partial charge in [0.2, 0.25) is 0 Å². The molecule has 1 atom stereocenters. The van der Waals surface area contributed by atoms with Gasteiger partial charge in [-0.25, -0.2) is 0 Å². The van der Waals surface area contributed by atoms with Gasteiger partial charge in [-0.15, -0.1) is 0 Å². The Morgan fingerprint density at radius 1 is 1.46 bits per heavy atom. The zero-order chi connectivity index (χ0) is 9.42. The molecule has 1 aromatic carbocycles. The summed E-state index contributed by atoms with van der Waals surface area (Å²) in [6, 6.07) is 6.43. The van der Waals surface area contributed by atoms with E-state index in [1.54, 1.807) is 0 Å². The molecule has 0 amide bonds. The second-order valence-corrected chi connectivity index (χ2v) is 4.47. The maximum absolute atomic E-state index is 4.48. The van der Waals surface area contributed by atoms with Crippen molar-refractivity contribution in [3.8, 4) is 0 Å². The molecule has 1 aliphatic heterocycles. The normalized spacial score (nSPS) is 20.8. The van der Waals surface area contributed by atoms with Gasteiger partial charge in [0, 0.05) is 22.6 Å². The van der Waals surface area contributed by atoms with Crippen LogP contribution >= 0.6 is 15.9 Å². The Labute approximate surface area is 87.0 Å². The van der Waals surface area contributed by atoms with Gasteiger partial charge in [-0.1, -0.05) is 28.9 Å². The molecule has 1 aromatic rings. The van der Waals surface area contributed by atoms with Crippen LogP contribution in [0.1, 0.15) is 30.9 Å². The first-order chi connectivity index (χ1) is 6.18. The third-order valence-electron chi connectivity index (χ3n) is 2.54. The van der Waals surface area contributed by atoms with Gasteiger partial charge in [-0.2, -0.15) is 0 Å². The Balaban J connectivity index is 2.59. The van der Waals surface area contributed by atoms with E-state index in [-0.39, 0.29) is 0 Å². The summed E-state index contributed by atoms with van der Waals surface area (Å²) >= 11 is 3.50. The molecule has 0 saturated heterocycles. The lowest BCUT2D eigenvalue weighted by molar-refractivity contribution is 0.759. The first kappa shape index (κ1) is 8.95. The summed E-state index contributed by atoms with van der Waals surface area (Å²) in [7, 11) is 0. The number of benzene rings is 1. The molecule has 2 rings (SSSR count). The van der Waals surface area contributed by atoms with Crippen LogP contribution in [-0.4, -0.2) is 12.3 Å². The van der Waals surface area contributed by atoms with Crippen molar-refractivity contribution in [3.63, 3.8) is 0 Å². The summed E-state index contributed by atoms with van der Waals surface area (Å²) in [4.78, 5) is 4.48. The zero-order valence-corrected chi connectivity index (χ0v) is 9.43. The van der Waals surface area contributed by atoms with Crippen molar-refractivity contribution >= 4 is 21.6 Å². The van der Waals surface area contributed by atoms with E-state index in [2.05, 4.69) is 53.0 Å². The monoisotopic (exact) mass is 237 g/mol. The highest BCUT2D eigenvalue weighted by atomic mass is 79.9. The van der Waals surface area contributed by atoms with Crippen LogP contribution in [0.3, 0.4) is 0 Å². The number of fused-ring (bicyclic) bond motifs is 1. The minimum Gasteiger partial charge on any atom is -0.289 e. The van der Waals surface area contributed by atoms with Gasteiger partial charge in [-0.05, 0) is 30.2 Å². The van der Waals surface area contributed by atoms with Gasteiger partial charge in [-0.3, -0.25) is 4.99 Å². The van der Waals surface area contributed by atoms with Crippen LogP contribution in [0.2, 0.25) is 0 Å². The number of nitrogens with zero attached hydrogens (tertiary/aromatic N) is 1. The smallest absolute Gasteiger partial charge is 0.0458 e. The molecule has 0 radical (unpaired) electrons. The van der Waals surface area contributed by atoms with E-state index in [0.29, 0.717) is 5.92 Å². The van der Waals surface area contributed by atoms with Crippen molar-refractivity contribution in [2.24, 2.45) is 4.99 Å². The number of aliphatic imine (C=N–C) groups is 1. The van der Waals surface area contributed by atoms with E-state index < -0.39 is 0 Å². The predicted molar refractivity (Wildman–Crippen MR) is 59.6 cm³/mol. The number of hydrogen-bond acceptors (Lipinski definition) is 1. The molecule has 0 bridgehead atoms. The van der Waals surface area contributed by atoms with Crippen LogP contribution in [-0.2, 0) is 0 Å². The zero-order valence-electron chi connectivity index (χ0n) is 7.84. The molecular formula is C11H12BrN. The van der Waals surface area contributed by atoms with Gasteiger partial charge in [0.15, 0.2) is 0 Å². The Kier molecular flexibility index (Phi) is 2.24. The maximum atomic E-state index is 4.48. The van der Waals surface area contributed by atoms with Crippen molar-refractivity contribution < 1.29 is 0 Å². The van der Waals surface area contributed by atoms with E-state index in [0.717, 1.165) is 11.0 Å². The maximum Gasteiger partial charge on any atom is 0.0458 e. The van der Waals surface area contributed by atoms with Crippen LogP contribution in [0.5, 0.6) is 0 Å². The average Bonchev–Trinajstić information content (AvgIpc) is 2.12. The van der Waals surface area contributed by atoms with E-state index in [9.17, 15) is 0 Å². The van der Waals surface area contributed by atoms with Gasteiger partial charge in [0.1, 0.15) is 0 Å². The fourth-order valence-electron chi connectivity index (χ4n) is 1.73. The van der Waals surface area contributed by atoms with Crippen LogP contribution in [0, 0.1) is 0 Å². The van der Waals surface area contributed by atoms with Crippen molar-refractivity contribution in [1.29, 1.82) is 0 Å². The number of halogens is 1. The molecular weight excluding hydrogens is 226 g/mol. The van der Waals surface area contributed by atoms with Crippen molar-refractivity contribution in [1.82, 2.24) is 0 Å². The summed E-state index contributed by atoms with van der Waals surface area (Å²) in [6.45, 7) is 5.23. The minimum atomic E-state index is 0.552. The van der Waals surface area contributed by atoms with Gasteiger partial charge < -0.3 is 0 Å². The molecule has 0 fully saturated rings. The Bertz CT molecular complexity index is 368. The van der Waals surface area contributed by atoms with Crippen LogP contribution in [0.25, 0.3) is 0 Å². The first-order valence-electron chi connectivity index (χ1n) is 4.49. The van der Waals surface area contributed by atoms with E-state index in [1.807, 2.05) is 0 Å². The second-order valence-electron chi connectivity index (χ2n) is 3.56. The van der Waals surface area contributed by atoms with E-state index in [4.69, 9.17) is 0 Å². The van der Waals surface area contributed by atoms with Crippen molar-refractivity contribution in [2.75, 3.05) is 6.54 Å². The lowest BCUT2D eigenvalue weighted by atomic mass is 9.91. The highest BCUT2D eigenvalue weighted by Gasteiger charge is 2.16. The first-order valence-corrected chi connectivity index (χ1v) is 5.28. The molecule has 0 aromatic heterocycles. The molecule has 0 N–H and O–H groups in total. The molecule has 0 saturated carbocycles. The third kappa shape index (κ3) is 1.55. The van der Waals surface area contributed by atoms with Crippen molar-refractivity contribution in [2.45, 2.75) is 19.8 Å². The fourth-order valence-corrected chi connectivity index (χ4v) is 2.11. The van der Waals surface area contributed by atoms with Crippen LogP contribution < -0.4 is 0 Å². The fraction of sp³-hybridized carbons (Fsp3) is 0.364. The Morgan fingerprint density at radius 3 is 3.00 bits per heavy atom. The SMILES string of the molecule is CC1=NCC(C)c2cc(Br)ccc21.